The van der Waals surface area contributed by atoms with Crippen LogP contribution in [0.4, 0.5) is 0 Å². The number of rotatable bonds is 2. The molecule has 0 radical (unpaired) electrons. The highest BCUT2D eigenvalue weighted by Crippen LogP contribution is 2.53. The molecule has 1 aliphatic carbocycles. The lowest BCUT2D eigenvalue weighted by Crippen LogP contribution is -2.72. The summed E-state index contributed by atoms with van der Waals surface area (Å²) < 4.78 is 16.9. The zero-order chi connectivity index (χ0) is 16.9. The third-order valence-electron chi connectivity index (χ3n) is 4.59. The number of fused-ring (bicyclic) bond motifs is 2. The molecule has 1 saturated heterocycles. The number of aliphatic hydroxyl groups excluding tert-OH is 1. The summed E-state index contributed by atoms with van der Waals surface area (Å²) >= 11 is 0. The fourth-order valence-electron chi connectivity index (χ4n) is 3.65. The van der Waals surface area contributed by atoms with E-state index in [1.165, 1.54) is 6.92 Å². The van der Waals surface area contributed by atoms with Gasteiger partial charge in [-0.2, -0.15) is 0 Å². The molecule has 5 atom stereocenters. The molecule has 0 aromatic heterocycles. The predicted molar refractivity (Wildman–Crippen MR) is 78.0 cm³/mol. The van der Waals surface area contributed by atoms with Crippen LogP contribution < -0.4 is 0 Å². The first-order chi connectivity index (χ1) is 9.88. The first kappa shape index (κ1) is 17.2. The number of carbonyl (C=O) groups is 2. The van der Waals surface area contributed by atoms with Crippen molar-refractivity contribution in [2.45, 2.75) is 83.9 Å². The lowest BCUT2D eigenvalue weighted by molar-refractivity contribution is -0.292. The highest BCUT2D eigenvalue weighted by molar-refractivity contribution is 5.73. The van der Waals surface area contributed by atoms with Gasteiger partial charge in [0.25, 0.3) is 0 Å². The summed E-state index contributed by atoms with van der Waals surface area (Å²) in [5, 5.41) is 10.5. The normalized spacial score (nSPS) is 41.8. The van der Waals surface area contributed by atoms with Crippen LogP contribution in [0.3, 0.4) is 0 Å². The fourth-order valence-corrected chi connectivity index (χ4v) is 3.65. The second-order valence-electron chi connectivity index (χ2n) is 7.80. The first-order valence-electron chi connectivity index (χ1n) is 7.63. The van der Waals surface area contributed by atoms with Crippen LogP contribution in [-0.2, 0) is 23.8 Å². The van der Waals surface area contributed by atoms with Crippen molar-refractivity contribution in [1.82, 2.24) is 0 Å². The van der Waals surface area contributed by atoms with Gasteiger partial charge in [-0.15, -0.1) is 0 Å². The Labute approximate surface area is 131 Å². The average Bonchev–Trinajstić information content (AvgIpc) is 2.29. The van der Waals surface area contributed by atoms with E-state index in [0.717, 1.165) is 0 Å². The Kier molecular flexibility index (Phi) is 4.07. The molecule has 6 nitrogen and oxygen atoms in total. The Morgan fingerprint density at radius 2 is 1.95 bits per heavy atom. The number of hydrogen-bond donors (Lipinski definition) is 1. The first-order valence-corrected chi connectivity index (χ1v) is 7.63. The number of aliphatic hydroxyl groups is 1. The number of esters is 2. The Bertz CT molecular complexity index is 482. The number of carbonyl (C=O) groups excluding carboxylic acids is 2. The molecule has 1 heterocycles. The molecule has 2 aliphatic rings. The molecular weight excluding hydrogens is 288 g/mol. The van der Waals surface area contributed by atoms with Crippen molar-refractivity contribution in [3.05, 3.63) is 0 Å². The van der Waals surface area contributed by atoms with Gasteiger partial charge in [0.05, 0.1) is 24.2 Å². The quantitative estimate of drug-likeness (QED) is 0.779. The molecule has 1 N–H and O–H groups in total. The van der Waals surface area contributed by atoms with Crippen LogP contribution in [0.2, 0.25) is 0 Å². The smallest absolute Gasteiger partial charge is 0.307 e. The van der Waals surface area contributed by atoms with Crippen LogP contribution >= 0.6 is 0 Å². The summed E-state index contributed by atoms with van der Waals surface area (Å²) in [4.78, 5) is 23.6. The van der Waals surface area contributed by atoms with Gasteiger partial charge in [0.15, 0.2) is 11.7 Å². The van der Waals surface area contributed by atoms with E-state index in [1.54, 1.807) is 6.92 Å². The molecule has 126 valence electrons. The summed E-state index contributed by atoms with van der Waals surface area (Å²) in [5.74, 6) is -0.876. The second kappa shape index (κ2) is 5.20. The van der Waals surface area contributed by atoms with Crippen molar-refractivity contribution in [1.29, 1.82) is 0 Å². The maximum absolute atomic E-state index is 12.0. The molecule has 6 heteroatoms. The zero-order valence-corrected chi connectivity index (χ0v) is 14.1. The standard InChI is InChI=1S/C16H26O6/c1-9(17)20-13-15(5)8-12(19)22-16(13,6)10(18)7-11(15)21-14(2,3)4/h10-11,13,18H,7-8H2,1-6H3/t10-,11-,13-,15+,16-/m0/s1. The minimum absolute atomic E-state index is 0.0913. The van der Waals surface area contributed by atoms with Crippen molar-refractivity contribution in [2.75, 3.05) is 0 Å². The third-order valence-corrected chi connectivity index (χ3v) is 4.59. The Hall–Kier alpha value is -1.14. The molecule has 2 rings (SSSR count). The predicted octanol–water partition coefficient (Wildman–Crippen LogP) is 1.58. The maximum Gasteiger partial charge on any atom is 0.307 e. The van der Waals surface area contributed by atoms with Gasteiger partial charge in [0.1, 0.15) is 0 Å². The highest BCUT2D eigenvalue weighted by atomic mass is 16.6. The molecule has 1 aliphatic heterocycles. The fraction of sp³-hybridized carbons (Fsp3) is 0.875. The summed E-state index contributed by atoms with van der Waals surface area (Å²) in [6.45, 7) is 10.5. The molecule has 0 aromatic rings. The average molecular weight is 314 g/mol. The van der Waals surface area contributed by atoms with Crippen LogP contribution in [0.5, 0.6) is 0 Å². The minimum Gasteiger partial charge on any atom is -0.457 e. The van der Waals surface area contributed by atoms with E-state index in [2.05, 4.69) is 0 Å². The van der Waals surface area contributed by atoms with Gasteiger partial charge in [-0.25, -0.2) is 0 Å². The van der Waals surface area contributed by atoms with Crippen molar-refractivity contribution >= 4 is 11.9 Å². The largest absolute Gasteiger partial charge is 0.457 e. The van der Waals surface area contributed by atoms with Gasteiger partial charge in [0, 0.05) is 18.8 Å². The van der Waals surface area contributed by atoms with Gasteiger partial charge in [0.2, 0.25) is 0 Å². The molecule has 0 spiro atoms. The molecule has 2 fully saturated rings. The van der Waals surface area contributed by atoms with Crippen LogP contribution in [0.1, 0.15) is 54.4 Å². The van der Waals surface area contributed by atoms with Gasteiger partial charge in [-0.05, 0) is 27.7 Å². The molecule has 0 aromatic carbocycles. The SMILES string of the molecule is CC(=O)O[C@H]1[C@]2(C)CC(=O)O[C@@]1(C)[C@@H](O)C[C@@H]2OC(C)(C)C. The zero-order valence-electron chi connectivity index (χ0n) is 14.1. The number of hydrogen-bond acceptors (Lipinski definition) is 6. The summed E-state index contributed by atoms with van der Waals surface area (Å²) in [6, 6.07) is 0. The van der Waals surface area contributed by atoms with E-state index in [0.29, 0.717) is 6.42 Å². The van der Waals surface area contributed by atoms with Crippen LogP contribution in [0, 0.1) is 5.41 Å². The highest BCUT2D eigenvalue weighted by Gasteiger charge is 2.66. The molecule has 0 amide bonds. The summed E-state index contributed by atoms with van der Waals surface area (Å²) in [6.07, 6.45) is -1.69. The minimum atomic E-state index is -1.24. The van der Waals surface area contributed by atoms with Crippen molar-refractivity contribution in [3.8, 4) is 0 Å². The van der Waals surface area contributed by atoms with E-state index in [4.69, 9.17) is 14.2 Å². The third kappa shape index (κ3) is 2.86. The second-order valence-corrected chi connectivity index (χ2v) is 7.80. The monoisotopic (exact) mass is 314 g/mol. The molecule has 22 heavy (non-hydrogen) atoms. The Morgan fingerprint density at radius 1 is 1.36 bits per heavy atom. The van der Waals surface area contributed by atoms with Gasteiger partial charge in [-0.3, -0.25) is 9.59 Å². The topological polar surface area (TPSA) is 82.1 Å². The van der Waals surface area contributed by atoms with Crippen LogP contribution in [-0.4, -0.2) is 46.6 Å². The van der Waals surface area contributed by atoms with E-state index in [9.17, 15) is 14.7 Å². The molecular formula is C16H26O6. The van der Waals surface area contributed by atoms with Crippen molar-refractivity contribution in [2.24, 2.45) is 5.41 Å². The molecule has 2 bridgehead atoms. The van der Waals surface area contributed by atoms with E-state index in [1.807, 2.05) is 27.7 Å². The maximum atomic E-state index is 12.0. The molecule has 1 saturated carbocycles. The van der Waals surface area contributed by atoms with E-state index >= 15 is 0 Å². The number of ether oxygens (including phenoxy) is 3. The van der Waals surface area contributed by atoms with Crippen molar-refractivity contribution < 1.29 is 28.9 Å². The van der Waals surface area contributed by atoms with E-state index in [-0.39, 0.29) is 6.42 Å². The van der Waals surface area contributed by atoms with Gasteiger partial charge < -0.3 is 19.3 Å². The Morgan fingerprint density at radius 3 is 2.45 bits per heavy atom. The van der Waals surface area contributed by atoms with Crippen LogP contribution in [0.15, 0.2) is 0 Å². The lowest BCUT2D eigenvalue weighted by Gasteiger charge is -2.58. The summed E-state index contributed by atoms with van der Waals surface area (Å²) in [5.41, 5.74) is -2.42. The van der Waals surface area contributed by atoms with Gasteiger partial charge >= 0.3 is 11.9 Å². The Balaban J connectivity index is 2.45. The van der Waals surface area contributed by atoms with Crippen LogP contribution in [0.25, 0.3) is 0 Å². The van der Waals surface area contributed by atoms with Crippen molar-refractivity contribution in [3.63, 3.8) is 0 Å². The lowest BCUT2D eigenvalue weighted by atomic mass is 9.60. The van der Waals surface area contributed by atoms with Gasteiger partial charge in [-0.1, -0.05) is 6.92 Å². The van der Waals surface area contributed by atoms with E-state index < -0.39 is 46.9 Å². The molecule has 0 unspecified atom stereocenters. The summed E-state index contributed by atoms with van der Waals surface area (Å²) in [7, 11) is 0.